The monoisotopic (exact) mass is 326 g/mol. The Morgan fingerprint density at radius 2 is 2.10 bits per heavy atom. The van der Waals surface area contributed by atoms with Gasteiger partial charge in [0.05, 0.1) is 22.7 Å². The second kappa shape index (κ2) is 6.79. The van der Waals surface area contributed by atoms with E-state index in [4.69, 9.17) is 9.56 Å². The molecule has 0 atom stereocenters. The Kier molecular flexibility index (Phi) is 5.05. The highest BCUT2D eigenvalue weighted by Gasteiger charge is 2.09. The Morgan fingerprint density at radius 3 is 2.76 bits per heavy atom. The van der Waals surface area contributed by atoms with Crippen molar-refractivity contribution in [2.45, 2.75) is 10.6 Å². The number of benzene rings is 1. The van der Waals surface area contributed by atoms with Gasteiger partial charge in [-0.15, -0.1) is 11.8 Å². The van der Waals surface area contributed by atoms with E-state index in [-0.39, 0.29) is 16.6 Å². The maximum absolute atomic E-state index is 11.8. The molecule has 1 aromatic carbocycles. The molecule has 0 fully saturated rings. The van der Waals surface area contributed by atoms with Crippen LogP contribution in [0.4, 0.5) is 5.69 Å². The zero-order chi connectivity index (χ0) is 15.3. The summed E-state index contributed by atoms with van der Waals surface area (Å²) in [6, 6.07) is 9.44. The number of amides is 1. The first-order valence-electron chi connectivity index (χ1n) is 5.98. The summed E-state index contributed by atoms with van der Waals surface area (Å²) in [7, 11) is -3.78. The van der Waals surface area contributed by atoms with Crippen LogP contribution in [-0.2, 0) is 20.6 Å². The first-order valence-corrected chi connectivity index (χ1v) is 8.68. The van der Waals surface area contributed by atoms with Gasteiger partial charge in [-0.2, -0.15) is 0 Å². The number of sulfonamides is 1. The average Bonchev–Trinajstić information content (AvgIpc) is 2.91. The van der Waals surface area contributed by atoms with Gasteiger partial charge in [0, 0.05) is 5.69 Å². The number of anilines is 1. The summed E-state index contributed by atoms with van der Waals surface area (Å²) in [5.41, 5.74) is 0.394. The summed E-state index contributed by atoms with van der Waals surface area (Å²) >= 11 is 1.40. The van der Waals surface area contributed by atoms with Gasteiger partial charge < -0.3 is 9.73 Å². The second-order valence-corrected chi connectivity index (χ2v) is 6.74. The van der Waals surface area contributed by atoms with Gasteiger partial charge in [-0.25, -0.2) is 13.6 Å². The van der Waals surface area contributed by atoms with E-state index in [1.807, 2.05) is 6.07 Å². The third-order valence-corrected chi connectivity index (χ3v) is 4.37. The lowest BCUT2D eigenvalue weighted by Gasteiger charge is -2.06. The summed E-state index contributed by atoms with van der Waals surface area (Å²) in [6.45, 7) is 0. The van der Waals surface area contributed by atoms with Gasteiger partial charge in [0.15, 0.2) is 0 Å². The standard InChI is InChI=1S/C13H14N2O4S2/c14-21(17,18)12-5-1-3-10(7-12)15-13(16)9-20-8-11-4-2-6-19-11/h1-7H,8-9H2,(H,15,16)(H2,14,17,18). The number of carbonyl (C=O) groups excluding carboxylic acids is 1. The van der Waals surface area contributed by atoms with E-state index in [0.717, 1.165) is 5.76 Å². The topological polar surface area (TPSA) is 102 Å². The van der Waals surface area contributed by atoms with Crippen LogP contribution in [0, 0.1) is 0 Å². The Hall–Kier alpha value is -1.77. The fraction of sp³-hybridized carbons (Fsp3) is 0.154. The number of carbonyl (C=O) groups is 1. The molecule has 2 aromatic rings. The molecule has 0 aliphatic carbocycles. The lowest BCUT2D eigenvalue weighted by Crippen LogP contribution is -2.16. The van der Waals surface area contributed by atoms with Gasteiger partial charge in [-0.3, -0.25) is 4.79 Å². The van der Waals surface area contributed by atoms with Gasteiger partial charge in [-0.05, 0) is 30.3 Å². The Labute approximate surface area is 126 Å². The third kappa shape index (κ3) is 4.92. The summed E-state index contributed by atoms with van der Waals surface area (Å²) in [4.78, 5) is 11.7. The molecule has 1 amide bonds. The second-order valence-electron chi connectivity index (χ2n) is 4.19. The van der Waals surface area contributed by atoms with E-state index in [2.05, 4.69) is 5.32 Å². The molecular formula is C13H14N2O4S2. The molecule has 0 spiro atoms. The molecule has 3 N–H and O–H groups in total. The molecule has 1 heterocycles. The maximum Gasteiger partial charge on any atom is 0.238 e. The van der Waals surface area contributed by atoms with Gasteiger partial charge >= 0.3 is 0 Å². The highest BCUT2D eigenvalue weighted by molar-refractivity contribution is 7.99. The van der Waals surface area contributed by atoms with E-state index in [9.17, 15) is 13.2 Å². The van der Waals surface area contributed by atoms with Crippen molar-refractivity contribution in [3.8, 4) is 0 Å². The van der Waals surface area contributed by atoms with Crippen molar-refractivity contribution in [3.63, 3.8) is 0 Å². The van der Waals surface area contributed by atoms with E-state index in [0.29, 0.717) is 11.4 Å². The van der Waals surface area contributed by atoms with Crippen molar-refractivity contribution in [1.29, 1.82) is 0 Å². The van der Waals surface area contributed by atoms with Crippen molar-refractivity contribution in [2.24, 2.45) is 5.14 Å². The minimum atomic E-state index is -3.78. The number of furan rings is 1. The summed E-state index contributed by atoms with van der Waals surface area (Å²) in [5.74, 6) is 1.40. The van der Waals surface area contributed by atoms with E-state index >= 15 is 0 Å². The molecule has 0 saturated heterocycles. The highest BCUT2D eigenvalue weighted by Crippen LogP contribution is 2.16. The zero-order valence-corrected chi connectivity index (χ0v) is 12.6. The molecule has 0 aliphatic rings. The van der Waals surface area contributed by atoms with E-state index < -0.39 is 10.0 Å². The molecule has 1 aromatic heterocycles. The Bertz CT molecular complexity index is 712. The predicted molar refractivity (Wildman–Crippen MR) is 81.3 cm³/mol. The lowest BCUT2D eigenvalue weighted by atomic mass is 10.3. The SMILES string of the molecule is NS(=O)(=O)c1cccc(NC(=O)CSCc2ccco2)c1. The smallest absolute Gasteiger partial charge is 0.238 e. The van der Waals surface area contributed by atoms with Crippen LogP contribution in [0.15, 0.2) is 52.0 Å². The zero-order valence-electron chi connectivity index (χ0n) is 11.0. The van der Waals surface area contributed by atoms with Gasteiger partial charge in [0.1, 0.15) is 5.76 Å². The maximum atomic E-state index is 11.8. The quantitative estimate of drug-likeness (QED) is 0.842. The minimum absolute atomic E-state index is 0.0384. The van der Waals surface area contributed by atoms with Crippen LogP contribution in [-0.4, -0.2) is 20.1 Å². The highest BCUT2D eigenvalue weighted by atomic mass is 32.2. The normalized spacial score (nSPS) is 11.3. The van der Waals surface area contributed by atoms with Crippen LogP contribution in [0.3, 0.4) is 0 Å². The number of rotatable bonds is 6. The Morgan fingerprint density at radius 1 is 1.29 bits per heavy atom. The predicted octanol–water partition coefficient (Wildman–Crippen LogP) is 1.80. The number of nitrogens with two attached hydrogens (primary N) is 1. The van der Waals surface area contributed by atoms with Crippen LogP contribution in [0.25, 0.3) is 0 Å². The molecule has 0 saturated carbocycles. The number of hydrogen-bond donors (Lipinski definition) is 2. The fourth-order valence-electron chi connectivity index (χ4n) is 1.59. The van der Waals surface area contributed by atoms with E-state index in [1.165, 1.54) is 30.0 Å². The number of nitrogens with one attached hydrogen (secondary N) is 1. The van der Waals surface area contributed by atoms with Crippen LogP contribution in [0.2, 0.25) is 0 Å². The van der Waals surface area contributed by atoms with Crippen LogP contribution in [0.5, 0.6) is 0 Å². The fourth-order valence-corrected chi connectivity index (χ4v) is 2.87. The molecule has 0 bridgehead atoms. The third-order valence-electron chi connectivity index (χ3n) is 2.50. The molecule has 0 unspecified atom stereocenters. The van der Waals surface area contributed by atoms with Gasteiger partial charge in [0.25, 0.3) is 0 Å². The lowest BCUT2D eigenvalue weighted by molar-refractivity contribution is -0.113. The van der Waals surface area contributed by atoms with Crippen LogP contribution >= 0.6 is 11.8 Å². The van der Waals surface area contributed by atoms with Crippen LogP contribution in [0.1, 0.15) is 5.76 Å². The largest absolute Gasteiger partial charge is 0.468 e. The Balaban J connectivity index is 1.88. The minimum Gasteiger partial charge on any atom is -0.468 e. The molecule has 2 rings (SSSR count). The number of primary sulfonamides is 1. The van der Waals surface area contributed by atoms with Crippen LogP contribution < -0.4 is 10.5 Å². The molecular weight excluding hydrogens is 312 g/mol. The van der Waals surface area contributed by atoms with Crippen molar-refractivity contribution in [2.75, 3.05) is 11.1 Å². The molecule has 0 aliphatic heterocycles. The summed E-state index contributed by atoms with van der Waals surface area (Å²) in [6.07, 6.45) is 1.58. The average molecular weight is 326 g/mol. The molecule has 8 heteroatoms. The van der Waals surface area contributed by atoms with E-state index in [1.54, 1.807) is 18.4 Å². The number of thioether (sulfide) groups is 1. The summed E-state index contributed by atoms with van der Waals surface area (Å²) in [5, 5.41) is 7.66. The first kappa shape index (κ1) is 15.6. The van der Waals surface area contributed by atoms with Crippen molar-refractivity contribution in [3.05, 3.63) is 48.4 Å². The molecule has 6 nitrogen and oxygen atoms in total. The van der Waals surface area contributed by atoms with Crippen molar-refractivity contribution >= 4 is 33.4 Å². The van der Waals surface area contributed by atoms with Crippen molar-refractivity contribution in [1.82, 2.24) is 0 Å². The molecule has 0 radical (unpaired) electrons. The molecule has 21 heavy (non-hydrogen) atoms. The van der Waals surface area contributed by atoms with Gasteiger partial charge in [-0.1, -0.05) is 6.07 Å². The number of hydrogen-bond acceptors (Lipinski definition) is 5. The van der Waals surface area contributed by atoms with Gasteiger partial charge in [0.2, 0.25) is 15.9 Å². The van der Waals surface area contributed by atoms with Crippen molar-refractivity contribution < 1.29 is 17.6 Å². The first-order chi connectivity index (χ1) is 9.95. The molecule has 112 valence electrons. The summed E-state index contributed by atoms with van der Waals surface area (Å²) < 4.78 is 27.6.